The van der Waals surface area contributed by atoms with Crippen molar-refractivity contribution < 1.29 is 4.79 Å². The lowest BCUT2D eigenvalue weighted by Crippen LogP contribution is -2.32. The summed E-state index contributed by atoms with van der Waals surface area (Å²) in [4.78, 5) is 19.6. The van der Waals surface area contributed by atoms with Gasteiger partial charge in [-0.3, -0.25) is 4.79 Å². The molecule has 1 aliphatic heterocycles. The molecule has 100 valence electrons. The van der Waals surface area contributed by atoms with E-state index in [-0.39, 0.29) is 5.91 Å². The Morgan fingerprint density at radius 2 is 2.33 bits per heavy atom. The van der Waals surface area contributed by atoms with E-state index in [4.69, 9.17) is 0 Å². The van der Waals surface area contributed by atoms with Crippen molar-refractivity contribution in [3.05, 3.63) is 15.6 Å². The number of hydrogen-bond acceptors (Lipinski definition) is 4. The van der Waals surface area contributed by atoms with E-state index in [2.05, 4.69) is 22.2 Å². The number of hydrogen-bond donors (Lipinski definition) is 1. The smallest absolute Gasteiger partial charge is 0.271 e. The monoisotopic (exact) mass is 267 g/mol. The molecule has 2 rings (SSSR count). The quantitative estimate of drug-likeness (QED) is 0.907. The Kier molecular flexibility index (Phi) is 4.35. The van der Waals surface area contributed by atoms with Crippen molar-refractivity contribution in [1.29, 1.82) is 0 Å². The average molecular weight is 267 g/mol. The summed E-state index contributed by atoms with van der Waals surface area (Å²) in [6.07, 6.45) is 3.56. The first-order valence-electron chi connectivity index (χ1n) is 6.50. The van der Waals surface area contributed by atoms with Crippen molar-refractivity contribution in [2.24, 2.45) is 0 Å². The number of likely N-dealkylation sites (tertiary alicyclic amines) is 1. The highest BCUT2D eigenvalue weighted by molar-refractivity contribution is 7.11. The van der Waals surface area contributed by atoms with E-state index in [9.17, 15) is 4.79 Å². The number of thiazole rings is 1. The van der Waals surface area contributed by atoms with E-state index in [0.717, 1.165) is 22.9 Å². The largest absolute Gasteiger partial charge is 0.351 e. The standard InChI is InChI=1S/C13H21N3OS/c1-9-12(15-10(2)18-9)13(17)14-7-6-11-5-4-8-16(11)3/h11H,4-8H2,1-3H3,(H,14,17)/t11-/m1/s1. The van der Waals surface area contributed by atoms with Gasteiger partial charge in [-0.25, -0.2) is 4.98 Å². The molecule has 1 fully saturated rings. The number of aryl methyl sites for hydroxylation is 2. The molecule has 0 saturated carbocycles. The van der Waals surface area contributed by atoms with Gasteiger partial charge in [0.1, 0.15) is 5.69 Å². The van der Waals surface area contributed by atoms with Crippen molar-refractivity contribution in [1.82, 2.24) is 15.2 Å². The van der Waals surface area contributed by atoms with Gasteiger partial charge in [0.2, 0.25) is 0 Å². The van der Waals surface area contributed by atoms with Crippen LogP contribution in [0.4, 0.5) is 0 Å². The maximum absolute atomic E-state index is 12.0. The van der Waals surface area contributed by atoms with Crippen LogP contribution in [0, 0.1) is 13.8 Å². The molecular formula is C13H21N3OS. The van der Waals surface area contributed by atoms with E-state index in [0.29, 0.717) is 11.7 Å². The van der Waals surface area contributed by atoms with Crippen molar-refractivity contribution in [2.45, 2.75) is 39.2 Å². The molecule has 0 aromatic carbocycles. The lowest BCUT2D eigenvalue weighted by Gasteiger charge is -2.19. The fraction of sp³-hybridized carbons (Fsp3) is 0.692. The molecule has 0 spiro atoms. The fourth-order valence-electron chi connectivity index (χ4n) is 2.52. The van der Waals surface area contributed by atoms with Crippen LogP contribution in [0.15, 0.2) is 0 Å². The Labute approximate surface area is 112 Å². The van der Waals surface area contributed by atoms with Crippen LogP contribution >= 0.6 is 11.3 Å². The lowest BCUT2D eigenvalue weighted by atomic mass is 10.1. The predicted molar refractivity (Wildman–Crippen MR) is 74.2 cm³/mol. The van der Waals surface area contributed by atoms with Gasteiger partial charge in [0.15, 0.2) is 0 Å². The van der Waals surface area contributed by atoms with Gasteiger partial charge in [-0.2, -0.15) is 0 Å². The molecule has 5 heteroatoms. The summed E-state index contributed by atoms with van der Waals surface area (Å²) in [6.45, 7) is 5.80. The zero-order chi connectivity index (χ0) is 13.1. The highest BCUT2D eigenvalue weighted by Gasteiger charge is 2.21. The maximum atomic E-state index is 12.0. The second kappa shape index (κ2) is 5.80. The summed E-state index contributed by atoms with van der Waals surface area (Å²) in [7, 11) is 2.16. The molecule has 1 aromatic rings. The number of carbonyl (C=O) groups excluding carboxylic acids is 1. The van der Waals surface area contributed by atoms with Crippen molar-refractivity contribution in [2.75, 3.05) is 20.1 Å². The molecule has 1 saturated heterocycles. The molecule has 2 heterocycles. The normalized spacial score (nSPS) is 20.3. The third kappa shape index (κ3) is 3.09. The second-order valence-electron chi connectivity index (χ2n) is 4.96. The molecular weight excluding hydrogens is 246 g/mol. The maximum Gasteiger partial charge on any atom is 0.271 e. The summed E-state index contributed by atoms with van der Waals surface area (Å²) in [5.74, 6) is -0.0301. The fourth-order valence-corrected chi connectivity index (χ4v) is 3.33. The van der Waals surface area contributed by atoms with Gasteiger partial charge in [0, 0.05) is 17.5 Å². The second-order valence-corrected chi connectivity index (χ2v) is 6.37. The van der Waals surface area contributed by atoms with Crippen LogP contribution in [0.3, 0.4) is 0 Å². The van der Waals surface area contributed by atoms with Crippen LogP contribution in [0.1, 0.15) is 39.6 Å². The zero-order valence-corrected chi connectivity index (χ0v) is 12.1. The Bertz CT molecular complexity index is 430. The van der Waals surface area contributed by atoms with Crippen LogP contribution < -0.4 is 5.32 Å². The van der Waals surface area contributed by atoms with E-state index in [1.54, 1.807) is 11.3 Å². The molecule has 18 heavy (non-hydrogen) atoms. The minimum atomic E-state index is -0.0301. The molecule has 4 nitrogen and oxygen atoms in total. The summed E-state index contributed by atoms with van der Waals surface area (Å²) in [5, 5.41) is 3.93. The Morgan fingerprint density at radius 1 is 1.56 bits per heavy atom. The third-order valence-corrected chi connectivity index (χ3v) is 4.44. The summed E-state index contributed by atoms with van der Waals surface area (Å²) < 4.78 is 0. The van der Waals surface area contributed by atoms with Gasteiger partial charge in [0.25, 0.3) is 5.91 Å². The number of nitrogens with one attached hydrogen (secondary N) is 1. The third-order valence-electron chi connectivity index (χ3n) is 3.55. The minimum absolute atomic E-state index is 0.0301. The predicted octanol–water partition coefficient (Wildman–Crippen LogP) is 1.97. The molecule has 1 amide bonds. The Balaban J connectivity index is 1.80. The van der Waals surface area contributed by atoms with E-state index in [1.165, 1.54) is 19.4 Å². The minimum Gasteiger partial charge on any atom is -0.351 e. The number of nitrogens with zero attached hydrogens (tertiary/aromatic N) is 2. The molecule has 0 aliphatic carbocycles. The first-order chi connectivity index (χ1) is 8.58. The molecule has 1 atom stereocenters. The van der Waals surface area contributed by atoms with Crippen molar-refractivity contribution in [3.63, 3.8) is 0 Å². The van der Waals surface area contributed by atoms with Gasteiger partial charge >= 0.3 is 0 Å². The first-order valence-corrected chi connectivity index (χ1v) is 7.32. The Morgan fingerprint density at radius 3 is 2.89 bits per heavy atom. The van der Waals surface area contributed by atoms with Crippen LogP contribution in [0.25, 0.3) is 0 Å². The van der Waals surface area contributed by atoms with E-state index < -0.39 is 0 Å². The van der Waals surface area contributed by atoms with Gasteiger partial charge < -0.3 is 10.2 Å². The molecule has 0 radical (unpaired) electrons. The number of carbonyl (C=O) groups is 1. The number of amides is 1. The SMILES string of the molecule is Cc1nc(C(=O)NCC[C@H]2CCCN2C)c(C)s1. The number of aromatic nitrogens is 1. The molecule has 1 N–H and O–H groups in total. The van der Waals surface area contributed by atoms with E-state index >= 15 is 0 Å². The summed E-state index contributed by atoms with van der Waals surface area (Å²) >= 11 is 1.58. The highest BCUT2D eigenvalue weighted by Crippen LogP contribution is 2.18. The lowest BCUT2D eigenvalue weighted by molar-refractivity contribution is 0.0945. The van der Waals surface area contributed by atoms with Crippen LogP contribution in [0.5, 0.6) is 0 Å². The highest BCUT2D eigenvalue weighted by atomic mass is 32.1. The molecule has 0 bridgehead atoms. The average Bonchev–Trinajstić information content (AvgIpc) is 2.85. The Hall–Kier alpha value is -0.940. The van der Waals surface area contributed by atoms with Gasteiger partial charge in [0.05, 0.1) is 5.01 Å². The summed E-state index contributed by atoms with van der Waals surface area (Å²) in [5.41, 5.74) is 0.595. The van der Waals surface area contributed by atoms with Crippen LogP contribution in [-0.2, 0) is 0 Å². The first kappa shape index (κ1) is 13.5. The van der Waals surface area contributed by atoms with E-state index in [1.807, 2.05) is 13.8 Å². The molecule has 0 unspecified atom stereocenters. The van der Waals surface area contributed by atoms with Gasteiger partial charge in [-0.05, 0) is 46.7 Å². The van der Waals surface area contributed by atoms with Crippen molar-refractivity contribution in [3.8, 4) is 0 Å². The summed E-state index contributed by atoms with van der Waals surface area (Å²) in [6, 6.07) is 0.628. The van der Waals surface area contributed by atoms with Crippen molar-refractivity contribution >= 4 is 17.2 Å². The van der Waals surface area contributed by atoms with Gasteiger partial charge in [-0.15, -0.1) is 11.3 Å². The van der Waals surface area contributed by atoms with Gasteiger partial charge in [-0.1, -0.05) is 0 Å². The molecule has 1 aliphatic rings. The topological polar surface area (TPSA) is 45.2 Å². The van der Waals surface area contributed by atoms with Crippen LogP contribution in [-0.4, -0.2) is 42.0 Å². The van der Waals surface area contributed by atoms with Crippen LogP contribution in [0.2, 0.25) is 0 Å². The number of rotatable bonds is 4. The zero-order valence-electron chi connectivity index (χ0n) is 11.3. The molecule has 1 aromatic heterocycles.